The van der Waals surface area contributed by atoms with Crippen LogP contribution in [0.2, 0.25) is 0 Å². The molecule has 5 heteroatoms. The van der Waals surface area contributed by atoms with Crippen LogP contribution in [-0.4, -0.2) is 26.4 Å². The van der Waals surface area contributed by atoms with Crippen LogP contribution >= 0.6 is 11.8 Å². The molecule has 0 aliphatic heterocycles. The Labute approximate surface area is 110 Å². The van der Waals surface area contributed by atoms with Gasteiger partial charge < -0.3 is 9.67 Å². The normalized spacial score (nSPS) is 12.8. The summed E-state index contributed by atoms with van der Waals surface area (Å²) in [6.07, 6.45) is 1.04. The zero-order valence-electron chi connectivity index (χ0n) is 10.5. The molecule has 1 N–H and O–H groups in total. The van der Waals surface area contributed by atoms with E-state index in [-0.39, 0.29) is 0 Å². The van der Waals surface area contributed by atoms with E-state index < -0.39 is 12.0 Å². The lowest BCUT2D eigenvalue weighted by atomic mass is 10.3. The summed E-state index contributed by atoms with van der Waals surface area (Å²) >= 11 is 1.61. The number of hydrogen-bond acceptors (Lipinski definition) is 3. The van der Waals surface area contributed by atoms with Crippen molar-refractivity contribution in [3.63, 3.8) is 0 Å². The standard InChI is InChI=1S/C13H16N2O2S/c1-3-8-18-13-14-10-6-4-5-7-11(10)15(13)9(2)12(16)17/h4-7,9H,3,8H2,1-2H3,(H,16,17). The van der Waals surface area contributed by atoms with E-state index >= 15 is 0 Å². The number of carboxylic acid groups (broad SMARTS) is 1. The van der Waals surface area contributed by atoms with Crippen molar-refractivity contribution in [3.8, 4) is 0 Å². The van der Waals surface area contributed by atoms with Crippen LogP contribution in [0.1, 0.15) is 26.3 Å². The Bertz CT molecular complexity index is 565. The smallest absolute Gasteiger partial charge is 0.326 e. The highest BCUT2D eigenvalue weighted by Gasteiger charge is 2.20. The molecule has 0 aliphatic carbocycles. The van der Waals surface area contributed by atoms with Gasteiger partial charge in [-0.1, -0.05) is 30.8 Å². The average molecular weight is 264 g/mol. The number of benzene rings is 1. The highest BCUT2D eigenvalue weighted by atomic mass is 32.2. The molecule has 18 heavy (non-hydrogen) atoms. The maximum Gasteiger partial charge on any atom is 0.326 e. The van der Waals surface area contributed by atoms with Gasteiger partial charge in [-0.3, -0.25) is 0 Å². The summed E-state index contributed by atoms with van der Waals surface area (Å²) < 4.78 is 1.80. The maximum atomic E-state index is 11.2. The van der Waals surface area contributed by atoms with Gasteiger partial charge in [-0.2, -0.15) is 0 Å². The second-order valence-corrected chi connectivity index (χ2v) is 5.18. The van der Waals surface area contributed by atoms with Crippen molar-refractivity contribution in [1.29, 1.82) is 0 Å². The SMILES string of the molecule is CCCSc1nc2ccccc2n1C(C)C(=O)O. The van der Waals surface area contributed by atoms with Crippen LogP contribution in [0.4, 0.5) is 0 Å². The number of carboxylic acids is 1. The summed E-state index contributed by atoms with van der Waals surface area (Å²) in [6.45, 7) is 3.78. The van der Waals surface area contributed by atoms with Gasteiger partial charge in [0.15, 0.2) is 5.16 Å². The number of carbonyl (C=O) groups is 1. The predicted octanol–water partition coefficient (Wildman–Crippen LogP) is 3.18. The van der Waals surface area contributed by atoms with Crippen molar-refractivity contribution in [2.24, 2.45) is 0 Å². The summed E-state index contributed by atoms with van der Waals surface area (Å²) in [7, 11) is 0. The zero-order valence-corrected chi connectivity index (χ0v) is 11.3. The summed E-state index contributed by atoms with van der Waals surface area (Å²) in [5.74, 6) is 0.104. The molecule has 1 unspecified atom stereocenters. The topological polar surface area (TPSA) is 55.1 Å². The van der Waals surface area contributed by atoms with E-state index in [1.807, 2.05) is 24.3 Å². The first kappa shape index (κ1) is 13.0. The van der Waals surface area contributed by atoms with E-state index in [2.05, 4.69) is 11.9 Å². The minimum atomic E-state index is -0.837. The van der Waals surface area contributed by atoms with Crippen molar-refractivity contribution in [1.82, 2.24) is 9.55 Å². The molecule has 0 radical (unpaired) electrons. The molecule has 4 nitrogen and oxygen atoms in total. The Kier molecular flexibility index (Phi) is 3.91. The van der Waals surface area contributed by atoms with Crippen molar-refractivity contribution in [2.45, 2.75) is 31.5 Å². The van der Waals surface area contributed by atoms with Crippen LogP contribution in [0.5, 0.6) is 0 Å². The number of hydrogen-bond donors (Lipinski definition) is 1. The van der Waals surface area contributed by atoms with E-state index in [9.17, 15) is 9.90 Å². The van der Waals surface area contributed by atoms with Crippen LogP contribution in [-0.2, 0) is 4.79 Å². The Balaban J connectivity index is 2.53. The van der Waals surface area contributed by atoms with Crippen molar-refractivity contribution in [3.05, 3.63) is 24.3 Å². The maximum absolute atomic E-state index is 11.2. The Morgan fingerprint density at radius 1 is 1.50 bits per heavy atom. The fourth-order valence-corrected chi connectivity index (χ4v) is 2.75. The van der Waals surface area contributed by atoms with Crippen molar-refractivity contribution < 1.29 is 9.90 Å². The highest BCUT2D eigenvalue weighted by Crippen LogP contribution is 2.28. The number of thioether (sulfide) groups is 1. The van der Waals surface area contributed by atoms with Gasteiger partial charge in [0.05, 0.1) is 11.0 Å². The van der Waals surface area contributed by atoms with E-state index in [4.69, 9.17) is 0 Å². The van der Waals surface area contributed by atoms with E-state index in [1.165, 1.54) is 0 Å². The lowest BCUT2D eigenvalue weighted by Gasteiger charge is -2.12. The average Bonchev–Trinajstić information content (AvgIpc) is 2.73. The fourth-order valence-electron chi connectivity index (χ4n) is 1.80. The van der Waals surface area contributed by atoms with Crippen LogP contribution in [0.15, 0.2) is 29.4 Å². The fraction of sp³-hybridized carbons (Fsp3) is 0.385. The summed E-state index contributed by atoms with van der Waals surface area (Å²) in [5, 5.41) is 9.99. The number of aliphatic carboxylic acids is 1. The number of fused-ring (bicyclic) bond motifs is 1. The number of nitrogens with zero attached hydrogens (tertiary/aromatic N) is 2. The van der Waals surface area contributed by atoms with Crippen molar-refractivity contribution >= 4 is 28.8 Å². The molecule has 0 spiro atoms. The predicted molar refractivity (Wildman–Crippen MR) is 73.1 cm³/mol. The number of rotatable bonds is 5. The monoisotopic (exact) mass is 264 g/mol. The Morgan fingerprint density at radius 2 is 2.22 bits per heavy atom. The molecule has 0 saturated heterocycles. The highest BCUT2D eigenvalue weighted by molar-refractivity contribution is 7.99. The van der Waals surface area contributed by atoms with Gasteiger partial charge in [0.2, 0.25) is 0 Å². The van der Waals surface area contributed by atoms with Gasteiger partial charge in [0, 0.05) is 5.75 Å². The first-order valence-corrected chi connectivity index (χ1v) is 6.96. The molecule has 0 saturated carbocycles. The zero-order chi connectivity index (χ0) is 13.1. The third kappa shape index (κ3) is 2.36. The minimum Gasteiger partial charge on any atom is -0.480 e. The van der Waals surface area contributed by atoms with E-state index in [1.54, 1.807) is 23.3 Å². The molecule has 96 valence electrons. The van der Waals surface area contributed by atoms with E-state index in [0.29, 0.717) is 0 Å². The molecular weight excluding hydrogens is 248 g/mol. The molecular formula is C13H16N2O2S. The molecule has 1 aromatic heterocycles. The second-order valence-electron chi connectivity index (χ2n) is 4.12. The first-order valence-electron chi connectivity index (χ1n) is 5.97. The summed E-state index contributed by atoms with van der Waals surface area (Å²) in [6, 6.07) is 7.05. The molecule has 0 bridgehead atoms. The first-order chi connectivity index (χ1) is 8.65. The lowest BCUT2D eigenvalue weighted by Crippen LogP contribution is -2.16. The Hall–Kier alpha value is -1.49. The largest absolute Gasteiger partial charge is 0.480 e. The van der Waals surface area contributed by atoms with Gasteiger partial charge in [-0.05, 0) is 25.5 Å². The van der Waals surface area contributed by atoms with Gasteiger partial charge in [0.25, 0.3) is 0 Å². The number of para-hydroxylation sites is 2. The molecule has 0 amide bonds. The van der Waals surface area contributed by atoms with Gasteiger partial charge >= 0.3 is 5.97 Å². The molecule has 1 aromatic carbocycles. The van der Waals surface area contributed by atoms with Crippen LogP contribution in [0, 0.1) is 0 Å². The summed E-state index contributed by atoms with van der Waals surface area (Å²) in [5.41, 5.74) is 1.73. The van der Waals surface area contributed by atoms with Crippen LogP contribution < -0.4 is 0 Å². The molecule has 0 aliphatic rings. The van der Waals surface area contributed by atoms with Crippen LogP contribution in [0.25, 0.3) is 11.0 Å². The molecule has 2 rings (SSSR count). The molecule has 0 fully saturated rings. The lowest BCUT2D eigenvalue weighted by molar-refractivity contribution is -0.140. The quantitative estimate of drug-likeness (QED) is 0.843. The third-order valence-corrected chi connectivity index (χ3v) is 3.90. The second kappa shape index (κ2) is 5.44. The van der Waals surface area contributed by atoms with Crippen molar-refractivity contribution in [2.75, 3.05) is 5.75 Å². The molecule has 1 heterocycles. The minimum absolute atomic E-state index is 0.600. The van der Waals surface area contributed by atoms with Gasteiger partial charge in [0.1, 0.15) is 6.04 Å². The third-order valence-electron chi connectivity index (χ3n) is 2.74. The molecule has 2 aromatic rings. The number of imidazole rings is 1. The molecule has 1 atom stereocenters. The van der Waals surface area contributed by atoms with Crippen LogP contribution in [0.3, 0.4) is 0 Å². The van der Waals surface area contributed by atoms with Gasteiger partial charge in [-0.15, -0.1) is 0 Å². The number of aromatic nitrogens is 2. The van der Waals surface area contributed by atoms with E-state index in [0.717, 1.165) is 28.4 Å². The van der Waals surface area contributed by atoms with Gasteiger partial charge in [-0.25, -0.2) is 9.78 Å². The Morgan fingerprint density at radius 3 is 2.89 bits per heavy atom. The summed E-state index contributed by atoms with van der Waals surface area (Å²) in [4.78, 5) is 15.7.